The largest absolute Gasteiger partial charge is 0.345 e. The quantitative estimate of drug-likeness (QED) is 0.483. The molecule has 0 saturated carbocycles. The van der Waals surface area contributed by atoms with Crippen molar-refractivity contribution >= 4 is 32.6 Å². The number of amides is 1. The first-order chi connectivity index (χ1) is 15.0. The lowest BCUT2D eigenvalue weighted by molar-refractivity contribution is 0.0746. The Hall–Kier alpha value is -3.19. The summed E-state index contributed by atoms with van der Waals surface area (Å²) in [6.07, 6.45) is 1.69. The van der Waals surface area contributed by atoms with Crippen LogP contribution in [0.2, 0.25) is 0 Å². The standard InChI is InChI=1S/C24H25N5OS/c1-16-9-10-17(2)22-21(16)26-24(31-22)28-13-11-27(12-14-28)23(30)20-15-25-29(18(20)3)19-7-5-4-6-8-19/h4-10,15H,11-14H2,1-3H3. The van der Waals surface area contributed by atoms with Crippen LogP contribution in [0.3, 0.4) is 0 Å². The number of rotatable bonds is 3. The maximum atomic E-state index is 13.2. The summed E-state index contributed by atoms with van der Waals surface area (Å²) in [6.45, 7) is 9.14. The number of piperazine rings is 1. The minimum atomic E-state index is 0.0512. The molecule has 1 amide bonds. The van der Waals surface area contributed by atoms with Crippen LogP contribution >= 0.6 is 11.3 Å². The zero-order valence-electron chi connectivity index (χ0n) is 18.0. The minimum absolute atomic E-state index is 0.0512. The Kier molecular flexibility index (Phi) is 4.98. The van der Waals surface area contributed by atoms with Gasteiger partial charge in [0.2, 0.25) is 0 Å². The predicted molar refractivity (Wildman–Crippen MR) is 126 cm³/mol. The molecule has 1 aliphatic heterocycles. The molecule has 7 heteroatoms. The second-order valence-corrected chi connectivity index (χ2v) is 9.02. The van der Waals surface area contributed by atoms with Crippen LogP contribution in [0.5, 0.6) is 0 Å². The van der Waals surface area contributed by atoms with E-state index in [4.69, 9.17) is 4.98 Å². The highest BCUT2D eigenvalue weighted by Gasteiger charge is 2.26. The number of nitrogens with zero attached hydrogens (tertiary/aromatic N) is 5. The van der Waals surface area contributed by atoms with Gasteiger partial charge in [-0.2, -0.15) is 5.10 Å². The smallest absolute Gasteiger partial charge is 0.257 e. The van der Waals surface area contributed by atoms with Crippen LogP contribution in [0, 0.1) is 20.8 Å². The molecule has 0 spiro atoms. The second-order valence-electron chi connectivity index (χ2n) is 8.04. The van der Waals surface area contributed by atoms with Gasteiger partial charge in [0.25, 0.3) is 5.91 Å². The van der Waals surface area contributed by atoms with Crippen LogP contribution in [0.1, 0.15) is 27.2 Å². The lowest BCUT2D eigenvalue weighted by atomic mass is 10.1. The number of para-hydroxylation sites is 1. The number of aromatic nitrogens is 3. The summed E-state index contributed by atoms with van der Waals surface area (Å²) in [6, 6.07) is 14.2. The van der Waals surface area contributed by atoms with Crippen LogP contribution in [-0.2, 0) is 0 Å². The predicted octanol–water partition coefficient (Wildman–Crippen LogP) is 4.37. The summed E-state index contributed by atoms with van der Waals surface area (Å²) in [5.41, 5.74) is 6.08. The molecule has 6 nitrogen and oxygen atoms in total. The van der Waals surface area contributed by atoms with Gasteiger partial charge in [0.1, 0.15) is 0 Å². The van der Waals surface area contributed by atoms with Gasteiger partial charge >= 0.3 is 0 Å². The fraction of sp³-hybridized carbons (Fsp3) is 0.292. The molecule has 0 unspecified atom stereocenters. The van der Waals surface area contributed by atoms with Crippen LogP contribution in [-0.4, -0.2) is 51.8 Å². The Labute approximate surface area is 185 Å². The SMILES string of the molecule is Cc1ccc(C)c2sc(N3CCN(C(=O)c4cnn(-c5ccccc5)c4C)CC3)nc12. The van der Waals surface area contributed by atoms with Crippen LogP contribution in [0.4, 0.5) is 5.13 Å². The lowest BCUT2D eigenvalue weighted by Gasteiger charge is -2.34. The Morgan fingerprint density at radius 2 is 1.65 bits per heavy atom. The molecule has 1 fully saturated rings. The number of aryl methyl sites for hydroxylation is 2. The Morgan fingerprint density at radius 3 is 2.35 bits per heavy atom. The van der Waals surface area contributed by atoms with Crippen LogP contribution in [0.25, 0.3) is 15.9 Å². The zero-order chi connectivity index (χ0) is 21.5. The van der Waals surface area contributed by atoms with Gasteiger partial charge in [-0.3, -0.25) is 4.79 Å². The highest BCUT2D eigenvalue weighted by atomic mass is 32.1. The molecule has 1 saturated heterocycles. The van der Waals surface area contributed by atoms with Crippen molar-refractivity contribution in [3.05, 3.63) is 71.0 Å². The Balaban J connectivity index is 1.31. The van der Waals surface area contributed by atoms with Gasteiger partial charge in [-0.25, -0.2) is 9.67 Å². The fourth-order valence-corrected chi connectivity index (χ4v) is 5.27. The third-order valence-electron chi connectivity index (χ3n) is 6.01. The topological polar surface area (TPSA) is 54.3 Å². The molecule has 3 heterocycles. The monoisotopic (exact) mass is 431 g/mol. The van der Waals surface area contributed by atoms with Crippen LogP contribution in [0.15, 0.2) is 48.7 Å². The van der Waals surface area contributed by atoms with E-state index in [1.54, 1.807) is 17.5 Å². The first-order valence-electron chi connectivity index (χ1n) is 10.5. The molecule has 0 atom stereocenters. The van der Waals surface area contributed by atoms with Gasteiger partial charge in [-0.05, 0) is 44.0 Å². The third-order valence-corrected chi connectivity index (χ3v) is 7.26. The van der Waals surface area contributed by atoms with Gasteiger partial charge in [-0.15, -0.1) is 0 Å². The number of benzene rings is 2. The molecule has 31 heavy (non-hydrogen) atoms. The molecular formula is C24H25N5OS. The molecule has 5 rings (SSSR count). The number of carbonyl (C=O) groups is 1. The highest BCUT2D eigenvalue weighted by Crippen LogP contribution is 2.33. The summed E-state index contributed by atoms with van der Waals surface area (Å²) >= 11 is 1.75. The van der Waals surface area contributed by atoms with Gasteiger partial charge in [0.05, 0.1) is 33.4 Å². The first-order valence-corrected chi connectivity index (χ1v) is 11.4. The van der Waals surface area contributed by atoms with Crippen molar-refractivity contribution in [3.8, 4) is 5.69 Å². The van der Waals surface area contributed by atoms with Crippen molar-refractivity contribution in [3.63, 3.8) is 0 Å². The van der Waals surface area contributed by atoms with E-state index in [1.165, 1.54) is 15.8 Å². The lowest BCUT2D eigenvalue weighted by Crippen LogP contribution is -2.48. The maximum Gasteiger partial charge on any atom is 0.257 e. The Morgan fingerprint density at radius 1 is 0.935 bits per heavy atom. The van der Waals surface area contributed by atoms with Crippen molar-refractivity contribution in [2.24, 2.45) is 0 Å². The molecule has 0 aliphatic carbocycles. The number of thiazole rings is 1. The van der Waals surface area contributed by atoms with E-state index in [0.29, 0.717) is 18.7 Å². The number of hydrogen-bond acceptors (Lipinski definition) is 5. The summed E-state index contributed by atoms with van der Waals surface area (Å²) in [5, 5.41) is 5.50. The second kappa shape index (κ2) is 7.81. The molecule has 2 aromatic heterocycles. The average Bonchev–Trinajstić information content (AvgIpc) is 3.42. The van der Waals surface area contributed by atoms with Crippen molar-refractivity contribution in [2.45, 2.75) is 20.8 Å². The highest BCUT2D eigenvalue weighted by molar-refractivity contribution is 7.22. The first kappa shape index (κ1) is 19.8. The normalized spacial score (nSPS) is 14.4. The van der Waals surface area contributed by atoms with E-state index >= 15 is 0 Å². The van der Waals surface area contributed by atoms with Gasteiger partial charge in [-0.1, -0.05) is 41.7 Å². The van der Waals surface area contributed by atoms with Gasteiger partial charge < -0.3 is 9.80 Å². The number of hydrogen-bond donors (Lipinski definition) is 0. The minimum Gasteiger partial charge on any atom is -0.345 e. The van der Waals surface area contributed by atoms with E-state index in [1.807, 2.05) is 46.8 Å². The summed E-state index contributed by atoms with van der Waals surface area (Å²) < 4.78 is 3.09. The average molecular weight is 432 g/mol. The molecule has 1 aliphatic rings. The third kappa shape index (κ3) is 3.49. The summed E-state index contributed by atoms with van der Waals surface area (Å²) in [5.74, 6) is 0.0512. The van der Waals surface area contributed by atoms with Gasteiger partial charge in [0, 0.05) is 26.2 Å². The zero-order valence-corrected chi connectivity index (χ0v) is 18.8. The van der Waals surface area contributed by atoms with E-state index in [-0.39, 0.29) is 5.91 Å². The van der Waals surface area contributed by atoms with Crippen LogP contribution < -0.4 is 4.90 Å². The number of carbonyl (C=O) groups excluding carboxylic acids is 1. The van der Waals surface area contributed by atoms with Gasteiger partial charge in [0.15, 0.2) is 5.13 Å². The molecule has 0 bridgehead atoms. The van der Waals surface area contributed by atoms with Crippen molar-refractivity contribution in [1.82, 2.24) is 19.7 Å². The fourth-order valence-electron chi connectivity index (χ4n) is 4.10. The summed E-state index contributed by atoms with van der Waals surface area (Å²) in [4.78, 5) is 22.3. The number of fused-ring (bicyclic) bond motifs is 1. The molecule has 158 valence electrons. The van der Waals surface area contributed by atoms with E-state index in [0.717, 1.165) is 35.1 Å². The molecule has 2 aromatic carbocycles. The molecule has 0 N–H and O–H groups in total. The van der Waals surface area contributed by atoms with E-state index in [2.05, 4.69) is 36.0 Å². The van der Waals surface area contributed by atoms with Crippen molar-refractivity contribution in [2.75, 3.05) is 31.1 Å². The molecule has 4 aromatic rings. The molecular weight excluding hydrogens is 406 g/mol. The van der Waals surface area contributed by atoms with E-state index < -0.39 is 0 Å². The van der Waals surface area contributed by atoms with Crippen molar-refractivity contribution in [1.29, 1.82) is 0 Å². The maximum absolute atomic E-state index is 13.2. The molecule has 0 radical (unpaired) electrons. The van der Waals surface area contributed by atoms with E-state index in [9.17, 15) is 4.79 Å². The Bertz CT molecular complexity index is 1210. The summed E-state index contributed by atoms with van der Waals surface area (Å²) in [7, 11) is 0. The number of anilines is 1. The van der Waals surface area contributed by atoms with Crippen molar-refractivity contribution < 1.29 is 4.79 Å².